The van der Waals surface area contributed by atoms with Crippen LogP contribution < -0.4 is 5.32 Å². The molecule has 0 aromatic heterocycles. The lowest BCUT2D eigenvalue weighted by Gasteiger charge is -2.16. The lowest BCUT2D eigenvalue weighted by molar-refractivity contribution is -0.138. The van der Waals surface area contributed by atoms with Crippen LogP contribution in [0.4, 0.5) is 0 Å². The summed E-state index contributed by atoms with van der Waals surface area (Å²) >= 11 is 1.41. The van der Waals surface area contributed by atoms with Crippen molar-refractivity contribution < 1.29 is 19.4 Å². The molecule has 2 unspecified atom stereocenters. The average molecular weight is 276 g/mol. The highest BCUT2D eigenvalue weighted by Gasteiger charge is 2.37. The summed E-state index contributed by atoms with van der Waals surface area (Å²) in [6.45, 7) is 1.49. The molecule has 1 saturated heterocycles. The lowest BCUT2D eigenvalue weighted by Crippen LogP contribution is -2.39. The molecule has 7 heteroatoms. The average Bonchev–Trinajstić information content (AvgIpc) is 2.61. The van der Waals surface area contributed by atoms with E-state index in [1.165, 1.54) is 23.8 Å². The molecule has 18 heavy (non-hydrogen) atoms. The first kappa shape index (κ1) is 15.4. The van der Waals surface area contributed by atoms with Crippen molar-refractivity contribution in [1.82, 2.24) is 10.2 Å². The number of aliphatic hydroxyl groups excluding tert-OH is 1. The van der Waals surface area contributed by atoms with E-state index in [0.29, 0.717) is 26.1 Å². The quantitative estimate of drug-likeness (QED) is 0.441. The van der Waals surface area contributed by atoms with E-state index in [2.05, 4.69) is 5.32 Å². The Kier molecular flexibility index (Phi) is 6.62. The van der Waals surface area contributed by atoms with E-state index in [-0.39, 0.29) is 23.7 Å². The maximum absolute atomic E-state index is 11.8. The van der Waals surface area contributed by atoms with Gasteiger partial charge in [-0.05, 0) is 6.26 Å². The Morgan fingerprint density at radius 1 is 1.61 bits per heavy atom. The maximum Gasteiger partial charge on any atom is 0.242 e. The molecule has 1 rings (SSSR count). The maximum atomic E-state index is 11.8. The Balaban J connectivity index is 2.23. The minimum atomic E-state index is -0.570. The molecule has 2 N–H and O–H groups in total. The first-order chi connectivity index (χ1) is 8.60. The lowest BCUT2D eigenvalue weighted by atomic mass is 10.3. The minimum absolute atomic E-state index is 0.105. The summed E-state index contributed by atoms with van der Waals surface area (Å²) in [5, 5.41) is 12.1. The van der Waals surface area contributed by atoms with E-state index in [0.717, 1.165) is 0 Å². The van der Waals surface area contributed by atoms with Gasteiger partial charge in [0.15, 0.2) is 0 Å². The van der Waals surface area contributed by atoms with Crippen LogP contribution in [0.25, 0.3) is 0 Å². The molecule has 1 aliphatic heterocycles. The molecule has 2 atom stereocenters. The molecule has 0 aromatic rings. The SMILES string of the molecule is COCC(O)CNCCN1C(=O)CC(SC)C1=O. The van der Waals surface area contributed by atoms with Crippen molar-refractivity contribution in [2.75, 3.05) is 39.6 Å². The third-order valence-electron chi connectivity index (χ3n) is 2.74. The Labute approximate surface area is 111 Å². The van der Waals surface area contributed by atoms with Crippen molar-refractivity contribution in [3.05, 3.63) is 0 Å². The summed E-state index contributed by atoms with van der Waals surface area (Å²) in [5.74, 6) is -0.217. The van der Waals surface area contributed by atoms with E-state index in [9.17, 15) is 14.7 Å². The van der Waals surface area contributed by atoms with Crippen molar-refractivity contribution in [2.45, 2.75) is 17.8 Å². The van der Waals surface area contributed by atoms with Gasteiger partial charge in [-0.15, -0.1) is 0 Å². The topological polar surface area (TPSA) is 78.9 Å². The fourth-order valence-corrected chi connectivity index (χ4v) is 2.42. The fourth-order valence-electron chi connectivity index (χ4n) is 1.78. The van der Waals surface area contributed by atoms with Crippen LogP contribution in [0.15, 0.2) is 0 Å². The number of nitrogens with one attached hydrogen (secondary N) is 1. The smallest absolute Gasteiger partial charge is 0.242 e. The van der Waals surface area contributed by atoms with E-state index in [1.54, 1.807) is 0 Å². The van der Waals surface area contributed by atoms with Crippen molar-refractivity contribution in [3.8, 4) is 0 Å². The van der Waals surface area contributed by atoms with Crippen LogP contribution in [-0.2, 0) is 14.3 Å². The highest BCUT2D eigenvalue weighted by Crippen LogP contribution is 2.22. The summed E-state index contributed by atoms with van der Waals surface area (Å²) < 4.78 is 4.79. The number of carbonyl (C=O) groups excluding carboxylic acids is 2. The molecule has 6 nitrogen and oxygen atoms in total. The van der Waals surface area contributed by atoms with Gasteiger partial charge >= 0.3 is 0 Å². The Morgan fingerprint density at radius 3 is 2.89 bits per heavy atom. The van der Waals surface area contributed by atoms with Gasteiger partial charge in [-0.1, -0.05) is 0 Å². The molecule has 0 bridgehead atoms. The van der Waals surface area contributed by atoms with Crippen LogP contribution in [0.1, 0.15) is 6.42 Å². The van der Waals surface area contributed by atoms with Gasteiger partial charge in [0.2, 0.25) is 11.8 Å². The highest BCUT2D eigenvalue weighted by atomic mass is 32.2. The van der Waals surface area contributed by atoms with Crippen LogP contribution in [0, 0.1) is 0 Å². The standard InChI is InChI=1S/C11H20N2O4S/c1-17-7-8(14)6-12-3-4-13-10(15)5-9(18-2)11(13)16/h8-9,12,14H,3-7H2,1-2H3. The van der Waals surface area contributed by atoms with Gasteiger partial charge in [0.1, 0.15) is 0 Å². The third-order valence-corrected chi connectivity index (χ3v) is 3.68. The van der Waals surface area contributed by atoms with Crippen molar-refractivity contribution in [1.29, 1.82) is 0 Å². The molecule has 0 spiro atoms. The number of ether oxygens (including phenoxy) is 1. The molecule has 0 aromatic carbocycles. The molecule has 0 saturated carbocycles. The van der Waals surface area contributed by atoms with Crippen LogP contribution in [0.5, 0.6) is 0 Å². The number of likely N-dealkylation sites (tertiary alicyclic amines) is 1. The molecule has 0 radical (unpaired) electrons. The number of methoxy groups -OCH3 is 1. The number of rotatable bonds is 8. The number of carbonyl (C=O) groups is 2. The van der Waals surface area contributed by atoms with E-state index in [1.807, 2.05) is 6.26 Å². The van der Waals surface area contributed by atoms with Gasteiger partial charge < -0.3 is 15.2 Å². The zero-order valence-electron chi connectivity index (χ0n) is 10.7. The number of imide groups is 1. The summed E-state index contributed by atoms with van der Waals surface area (Å²) in [6.07, 6.45) is 1.56. The van der Waals surface area contributed by atoms with Gasteiger partial charge in [-0.3, -0.25) is 14.5 Å². The molecule has 0 aliphatic carbocycles. The third kappa shape index (κ3) is 4.24. The summed E-state index contributed by atoms with van der Waals surface area (Å²) in [7, 11) is 1.52. The number of amides is 2. The molecular formula is C11H20N2O4S. The van der Waals surface area contributed by atoms with Crippen LogP contribution in [-0.4, -0.2) is 72.8 Å². The van der Waals surface area contributed by atoms with Gasteiger partial charge in [0.05, 0.1) is 18.0 Å². The fraction of sp³-hybridized carbons (Fsp3) is 0.818. The monoisotopic (exact) mass is 276 g/mol. The molecule has 1 fully saturated rings. The second-order valence-corrected chi connectivity index (χ2v) is 5.17. The van der Waals surface area contributed by atoms with Gasteiger partial charge in [0, 0.05) is 33.2 Å². The van der Waals surface area contributed by atoms with E-state index in [4.69, 9.17) is 4.74 Å². The minimum Gasteiger partial charge on any atom is -0.389 e. The van der Waals surface area contributed by atoms with E-state index >= 15 is 0 Å². The van der Waals surface area contributed by atoms with Crippen LogP contribution in [0.3, 0.4) is 0 Å². The first-order valence-electron chi connectivity index (χ1n) is 5.84. The molecule has 1 aliphatic rings. The Morgan fingerprint density at radius 2 is 2.33 bits per heavy atom. The number of hydrogen-bond acceptors (Lipinski definition) is 6. The largest absolute Gasteiger partial charge is 0.389 e. The number of nitrogens with zero attached hydrogens (tertiary/aromatic N) is 1. The summed E-state index contributed by atoms with van der Waals surface area (Å²) in [6, 6.07) is 0. The highest BCUT2D eigenvalue weighted by molar-refractivity contribution is 8.00. The summed E-state index contributed by atoms with van der Waals surface area (Å²) in [5.41, 5.74) is 0. The number of hydrogen-bond donors (Lipinski definition) is 2. The second-order valence-electron chi connectivity index (χ2n) is 4.13. The zero-order chi connectivity index (χ0) is 13.5. The molecule has 1 heterocycles. The van der Waals surface area contributed by atoms with Gasteiger partial charge in [0.25, 0.3) is 0 Å². The first-order valence-corrected chi connectivity index (χ1v) is 7.13. The van der Waals surface area contributed by atoms with Crippen LogP contribution in [0.2, 0.25) is 0 Å². The Hall–Kier alpha value is -0.630. The van der Waals surface area contributed by atoms with E-state index < -0.39 is 6.10 Å². The molecule has 2 amide bonds. The van der Waals surface area contributed by atoms with Gasteiger partial charge in [-0.2, -0.15) is 11.8 Å². The summed E-state index contributed by atoms with van der Waals surface area (Å²) in [4.78, 5) is 24.6. The van der Waals surface area contributed by atoms with Gasteiger partial charge in [-0.25, -0.2) is 0 Å². The molecular weight excluding hydrogens is 256 g/mol. The normalized spacial score (nSPS) is 21.7. The van der Waals surface area contributed by atoms with Crippen molar-refractivity contribution >= 4 is 23.6 Å². The Bertz CT molecular complexity index is 301. The van der Waals surface area contributed by atoms with Crippen molar-refractivity contribution in [2.24, 2.45) is 0 Å². The van der Waals surface area contributed by atoms with Crippen molar-refractivity contribution in [3.63, 3.8) is 0 Å². The predicted octanol–water partition coefficient (Wildman–Crippen LogP) is -0.926. The van der Waals surface area contributed by atoms with Crippen LogP contribution >= 0.6 is 11.8 Å². The second kappa shape index (κ2) is 7.73. The molecule has 104 valence electrons. The number of thioether (sulfide) groups is 1. The zero-order valence-corrected chi connectivity index (χ0v) is 11.5. The number of aliphatic hydroxyl groups is 1. The predicted molar refractivity (Wildman–Crippen MR) is 69.4 cm³/mol.